The molecule has 0 heterocycles. The van der Waals surface area contributed by atoms with Gasteiger partial charge in [-0.3, -0.25) is 0 Å². The maximum absolute atomic E-state index is 2.38. The Balaban J connectivity index is 1.09. The summed E-state index contributed by atoms with van der Waals surface area (Å²) < 4.78 is 0. The minimum Gasteiger partial charge on any atom is -0.0654 e. The van der Waals surface area contributed by atoms with Gasteiger partial charge in [-0.1, -0.05) is 43.7 Å². The fourth-order valence-corrected chi connectivity index (χ4v) is 8.17. The van der Waals surface area contributed by atoms with Crippen LogP contribution in [-0.4, -0.2) is 0 Å². The van der Waals surface area contributed by atoms with Crippen LogP contribution in [0.1, 0.15) is 102 Å². The van der Waals surface area contributed by atoms with E-state index in [1.807, 2.05) is 0 Å². The number of benzene rings is 1. The van der Waals surface area contributed by atoms with Crippen molar-refractivity contribution in [3.05, 3.63) is 35.9 Å². The van der Waals surface area contributed by atoms with E-state index in [0.29, 0.717) is 0 Å². The van der Waals surface area contributed by atoms with Crippen LogP contribution in [0.2, 0.25) is 0 Å². The standard InChI is InChI=1S/C26H38/c1-2-16-25-17-26(18-25,19-25)24-14-12-23(13-15-24)22-10-8-21(9-11-22)20-6-4-3-5-7-20/h3-7,21-24H,2,8-19H2,1H3. The molecule has 0 spiro atoms. The third kappa shape index (κ3) is 2.87. The highest BCUT2D eigenvalue weighted by molar-refractivity contribution is 5.20. The van der Waals surface area contributed by atoms with Gasteiger partial charge in [0.1, 0.15) is 0 Å². The van der Waals surface area contributed by atoms with E-state index >= 15 is 0 Å². The lowest BCUT2D eigenvalue weighted by atomic mass is 9.30. The minimum absolute atomic E-state index is 0.847. The first-order chi connectivity index (χ1) is 12.7. The summed E-state index contributed by atoms with van der Waals surface area (Å²) in [5, 5.41) is 0. The molecule has 1 aromatic rings. The first-order valence-corrected chi connectivity index (χ1v) is 11.8. The van der Waals surface area contributed by atoms with E-state index < -0.39 is 0 Å². The molecule has 142 valence electrons. The summed E-state index contributed by atoms with van der Waals surface area (Å²) in [6, 6.07) is 11.3. The fraction of sp³-hybridized carbons (Fsp3) is 0.769. The van der Waals surface area contributed by atoms with Crippen LogP contribution in [0.15, 0.2) is 30.3 Å². The van der Waals surface area contributed by atoms with Crippen molar-refractivity contribution in [2.75, 3.05) is 0 Å². The lowest BCUT2D eigenvalue weighted by Crippen LogP contribution is -2.65. The van der Waals surface area contributed by atoms with Crippen LogP contribution < -0.4 is 0 Å². The van der Waals surface area contributed by atoms with E-state index in [0.717, 1.165) is 34.5 Å². The van der Waals surface area contributed by atoms with Gasteiger partial charge in [0.15, 0.2) is 0 Å². The van der Waals surface area contributed by atoms with E-state index in [9.17, 15) is 0 Å². The average molecular weight is 351 g/mol. The van der Waals surface area contributed by atoms with Crippen molar-refractivity contribution in [3.63, 3.8) is 0 Å². The summed E-state index contributed by atoms with van der Waals surface area (Å²) in [5.74, 6) is 4.08. The van der Waals surface area contributed by atoms with Crippen molar-refractivity contribution in [2.24, 2.45) is 28.6 Å². The van der Waals surface area contributed by atoms with E-state index in [1.165, 1.54) is 38.5 Å². The molecule has 26 heavy (non-hydrogen) atoms. The number of hydrogen-bond acceptors (Lipinski definition) is 0. The van der Waals surface area contributed by atoms with Crippen LogP contribution >= 0.6 is 0 Å². The second kappa shape index (κ2) is 6.68. The first-order valence-electron chi connectivity index (χ1n) is 11.8. The molecule has 6 rings (SSSR count). The second-order valence-electron chi connectivity index (χ2n) is 10.8. The van der Waals surface area contributed by atoms with Crippen molar-refractivity contribution in [3.8, 4) is 0 Å². The molecule has 0 saturated heterocycles. The van der Waals surface area contributed by atoms with Crippen molar-refractivity contribution >= 4 is 0 Å². The molecule has 5 aliphatic rings. The Hall–Kier alpha value is -0.780. The summed E-state index contributed by atoms with van der Waals surface area (Å²) in [6.45, 7) is 2.38. The summed E-state index contributed by atoms with van der Waals surface area (Å²) in [7, 11) is 0. The van der Waals surface area contributed by atoms with Crippen LogP contribution in [0.25, 0.3) is 0 Å². The van der Waals surface area contributed by atoms with Crippen molar-refractivity contribution in [2.45, 2.75) is 96.3 Å². The van der Waals surface area contributed by atoms with Gasteiger partial charge in [0.2, 0.25) is 0 Å². The highest BCUT2D eigenvalue weighted by Crippen LogP contribution is 2.79. The highest BCUT2D eigenvalue weighted by atomic mass is 14.7. The molecule has 0 aliphatic heterocycles. The lowest BCUT2D eigenvalue weighted by molar-refractivity contribution is -0.246. The van der Waals surface area contributed by atoms with E-state index in [-0.39, 0.29) is 0 Å². The average Bonchev–Trinajstić information content (AvgIpc) is 2.65. The van der Waals surface area contributed by atoms with Crippen molar-refractivity contribution in [1.29, 1.82) is 0 Å². The maximum atomic E-state index is 2.38. The van der Waals surface area contributed by atoms with Gasteiger partial charge < -0.3 is 0 Å². The largest absolute Gasteiger partial charge is 0.0654 e. The Morgan fingerprint density at radius 3 is 1.92 bits per heavy atom. The Bertz CT molecular complexity index is 578. The molecule has 0 amide bonds. The summed E-state index contributed by atoms with van der Waals surface area (Å²) in [5.41, 5.74) is 3.30. The summed E-state index contributed by atoms with van der Waals surface area (Å²) in [4.78, 5) is 0. The molecule has 5 saturated carbocycles. The zero-order valence-corrected chi connectivity index (χ0v) is 16.9. The normalized spacial score (nSPS) is 44.8. The molecule has 5 fully saturated rings. The van der Waals surface area contributed by atoms with Gasteiger partial charge in [-0.15, -0.1) is 0 Å². The zero-order valence-electron chi connectivity index (χ0n) is 16.9. The van der Waals surface area contributed by atoms with Crippen molar-refractivity contribution in [1.82, 2.24) is 0 Å². The van der Waals surface area contributed by atoms with Gasteiger partial charge >= 0.3 is 0 Å². The quantitative estimate of drug-likeness (QED) is 0.509. The zero-order chi connectivity index (χ0) is 17.6. The molecule has 1 aromatic carbocycles. The highest BCUT2D eigenvalue weighted by Gasteiger charge is 2.68. The van der Waals surface area contributed by atoms with Crippen LogP contribution in [0.3, 0.4) is 0 Å². The van der Waals surface area contributed by atoms with E-state index in [2.05, 4.69) is 37.3 Å². The third-order valence-corrected chi connectivity index (χ3v) is 9.31. The molecular weight excluding hydrogens is 312 g/mol. The molecule has 0 N–H and O–H groups in total. The van der Waals surface area contributed by atoms with Gasteiger partial charge in [0, 0.05) is 0 Å². The molecule has 0 unspecified atom stereocenters. The van der Waals surface area contributed by atoms with Crippen LogP contribution in [0, 0.1) is 28.6 Å². The van der Waals surface area contributed by atoms with E-state index in [1.54, 1.807) is 50.5 Å². The Kier molecular flexibility index (Phi) is 4.45. The smallest absolute Gasteiger partial charge is 0.0162 e. The Morgan fingerprint density at radius 2 is 1.35 bits per heavy atom. The predicted molar refractivity (Wildman–Crippen MR) is 110 cm³/mol. The number of rotatable bonds is 5. The van der Waals surface area contributed by atoms with Gasteiger partial charge in [-0.05, 0) is 117 Å². The van der Waals surface area contributed by atoms with Crippen molar-refractivity contribution < 1.29 is 0 Å². The lowest BCUT2D eigenvalue weighted by Gasteiger charge is -2.75. The topological polar surface area (TPSA) is 0 Å². The molecule has 0 heteroatoms. The third-order valence-electron chi connectivity index (χ3n) is 9.31. The van der Waals surface area contributed by atoms with Gasteiger partial charge in [0.25, 0.3) is 0 Å². The predicted octanol–water partition coefficient (Wildman–Crippen LogP) is 7.74. The summed E-state index contributed by atoms with van der Waals surface area (Å²) >= 11 is 0. The first kappa shape index (κ1) is 17.3. The fourth-order valence-electron chi connectivity index (χ4n) is 8.17. The van der Waals surface area contributed by atoms with Crippen LogP contribution in [-0.2, 0) is 0 Å². The van der Waals surface area contributed by atoms with Gasteiger partial charge in [-0.2, -0.15) is 0 Å². The van der Waals surface area contributed by atoms with Crippen LogP contribution in [0.5, 0.6) is 0 Å². The Labute approximate surface area is 161 Å². The minimum atomic E-state index is 0.847. The maximum Gasteiger partial charge on any atom is -0.0162 e. The van der Waals surface area contributed by atoms with Gasteiger partial charge in [0.05, 0.1) is 0 Å². The molecule has 0 radical (unpaired) electrons. The monoisotopic (exact) mass is 350 g/mol. The molecule has 2 bridgehead atoms. The second-order valence-corrected chi connectivity index (χ2v) is 10.8. The number of hydrogen-bond donors (Lipinski definition) is 0. The molecule has 0 atom stereocenters. The molecular formula is C26H38. The van der Waals surface area contributed by atoms with E-state index in [4.69, 9.17) is 0 Å². The van der Waals surface area contributed by atoms with Gasteiger partial charge in [-0.25, -0.2) is 0 Å². The molecule has 0 aromatic heterocycles. The molecule has 0 nitrogen and oxygen atoms in total. The van der Waals surface area contributed by atoms with Crippen LogP contribution in [0.4, 0.5) is 0 Å². The summed E-state index contributed by atoms with van der Waals surface area (Å²) in [6.07, 6.45) is 19.9. The Morgan fingerprint density at radius 1 is 0.769 bits per heavy atom. The SMILES string of the molecule is CCCC12CC(C3CCC(C4CCC(c5ccccc5)CC4)CC3)(C1)C2. The molecule has 5 aliphatic carbocycles.